The number of rotatable bonds is 5. The molecule has 104 valence electrons. The van der Waals surface area contributed by atoms with Gasteiger partial charge in [0.1, 0.15) is 5.75 Å². The number of aromatic hydroxyl groups is 1. The Morgan fingerprint density at radius 3 is 2.55 bits per heavy atom. The lowest BCUT2D eigenvalue weighted by molar-refractivity contribution is -0.113. The second-order valence-electron chi connectivity index (χ2n) is 4.54. The van der Waals surface area contributed by atoms with Crippen LogP contribution in [0.1, 0.15) is 11.1 Å². The van der Waals surface area contributed by atoms with E-state index in [0.29, 0.717) is 11.4 Å². The summed E-state index contributed by atoms with van der Waals surface area (Å²) in [7, 11) is 0. The van der Waals surface area contributed by atoms with Crippen molar-refractivity contribution in [1.29, 1.82) is 0 Å². The maximum atomic E-state index is 11.8. The molecular formula is C16H17NO2S. The summed E-state index contributed by atoms with van der Waals surface area (Å²) in [6, 6.07) is 15.0. The third kappa shape index (κ3) is 4.31. The van der Waals surface area contributed by atoms with Crippen LogP contribution in [0.4, 0.5) is 5.69 Å². The summed E-state index contributed by atoms with van der Waals surface area (Å²) >= 11 is 1.55. The van der Waals surface area contributed by atoms with Crippen molar-refractivity contribution < 1.29 is 9.90 Å². The zero-order valence-electron chi connectivity index (χ0n) is 11.3. The lowest BCUT2D eigenvalue weighted by Crippen LogP contribution is -2.14. The van der Waals surface area contributed by atoms with E-state index in [1.165, 1.54) is 11.1 Å². The Labute approximate surface area is 123 Å². The number of para-hydroxylation sites is 2. The number of nitrogens with one attached hydrogen (secondary N) is 1. The fourth-order valence-electron chi connectivity index (χ4n) is 1.71. The molecule has 2 N–H and O–H groups in total. The summed E-state index contributed by atoms with van der Waals surface area (Å²) in [5.74, 6) is 1.14. The van der Waals surface area contributed by atoms with E-state index in [9.17, 15) is 9.90 Å². The van der Waals surface area contributed by atoms with E-state index in [-0.39, 0.29) is 11.7 Å². The summed E-state index contributed by atoms with van der Waals surface area (Å²) in [5.41, 5.74) is 2.89. The first-order valence-corrected chi connectivity index (χ1v) is 7.52. The van der Waals surface area contributed by atoms with Crippen molar-refractivity contribution in [1.82, 2.24) is 0 Å². The number of phenolic OH excluding ortho intramolecular Hbond substituents is 1. The Kier molecular flexibility index (Phi) is 5.07. The molecule has 1 amide bonds. The number of thioether (sulfide) groups is 1. The number of carbonyl (C=O) groups excluding carboxylic acids is 1. The average Bonchev–Trinajstić information content (AvgIpc) is 2.44. The van der Waals surface area contributed by atoms with Crippen LogP contribution in [-0.2, 0) is 10.5 Å². The van der Waals surface area contributed by atoms with Gasteiger partial charge in [-0.3, -0.25) is 4.79 Å². The molecular weight excluding hydrogens is 270 g/mol. The van der Waals surface area contributed by atoms with Crippen LogP contribution in [0.3, 0.4) is 0 Å². The maximum Gasteiger partial charge on any atom is 0.234 e. The van der Waals surface area contributed by atoms with Crippen LogP contribution in [0.25, 0.3) is 0 Å². The number of benzene rings is 2. The van der Waals surface area contributed by atoms with Crippen LogP contribution in [0.2, 0.25) is 0 Å². The zero-order chi connectivity index (χ0) is 14.4. The van der Waals surface area contributed by atoms with Crippen molar-refractivity contribution in [2.45, 2.75) is 12.7 Å². The molecule has 2 aromatic rings. The van der Waals surface area contributed by atoms with Crippen LogP contribution in [0, 0.1) is 6.92 Å². The van der Waals surface area contributed by atoms with Crippen molar-refractivity contribution in [2.24, 2.45) is 0 Å². The lowest BCUT2D eigenvalue weighted by Gasteiger charge is -2.07. The number of aryl methyl sites for hydroxylation is 1. The molecule has 0 saturated heterocycles. The van der Waals surface area contributed by atoms with Gasteiger partial charge in [0.15, 0.2) is 0 Å². The lowest BCUT2D eigenvalue weighted by atomic mass is 10.2. The van der Waals surface area contributed by atoms with Crippen molar-refractivity contribution >= 4 is 23.4 Å². The molecule has 0 spiro atoms. The number of hydrogen-bond acceptors (Lipinski definition) is 3. The highest BCUT2D eigenvalue weighted by Gasteiger charge is 2.05. The normalized spacial score (nSPS) is 10.2. The van der Waals surface area contributed by atoms with E-state index in [4.69, 9.17) is 0 Å². The molecule has 0 bridgehead atoms. The van der Waals surface area contributed by atoms with E-state index < -0.39 is 0 Å². The van der Waals surface area contributed by atoms with E-state index in [1.54, 1.807) is 36.0 Å². The molecule has 0 radical (unpaired) electrons. The van der Waals surface area contributed by atoms with Crippen LogP contribution in [0.15, 0.2) is 48.5 Å². The number of hydrogen-bond donors (Lipinski definition) is 2. The van der Waals surface area contributed by atoms with Gasteiger partial charge in [0, 0.05) is 5.75 Å². The minimum absolute atomic E-state index is 0.0874. The average molecular weight is 287 g/mol. The topological polar surface area (TPSA) is 49.3 Å². The fraction of sp³-hybridized carbons (Fsp3) is 0.188. The van der Waals surface area contributed by atoms with E-state index >= 15 is 0 Å². The van der Waals surface area contributed by atoms with E-state index in [2.05, 4.69) is 36.5 Å². The van der Waals surface area contributed by atoms with Crippen molar-refractivity contribution in [3.8, 4) is 5.75 Å². The fourth-order valence-corrected chi connectivity index (χ4v) is 2.50. The smallest absolute Gasteiger partial charge is 0.234 e. The van der Waals surface area contributed by atoms with Gasteiger partial charge in [-0.05, 0) is 24.6 Å². The van der Waals surface area contributed by atoms with Crippen LogP contribution >= 0.6 is 11.8 Å². The molecule has 0 fully saturated rings. The van der Waals surface area contributed by atoms with Gasteiger partial charge >= 0.3 is 0 Å². The molecule has 3 nitrogen and oxygen atoms in total. The summed E-state index contributed by atoms with van der Waals surface area (Å²) < 4.78 is 0. The standard InChI is InChI=1S/C16H17NO2S/c1-12-6-8-13(9-7-12)10-20-11-16(19)17-14-4-2-3-5-15(14)18/h2-9,18H,10-11H2,1H3,(H,17,19). The summed E-state index contributed by atoms with van der Waals surface area (Å²) in [5, 5.41) is 12.3. The second-order valence-corrected chi connectivity index (χ2v) is 5.53. The Morgan fingerprint density at radius 1 is 1.15 bits per heavy atom. The van der Waals surface area contributed by atoms with E-state index in [1.807, 2.05) is 0 Å². The molecule has 0 heterocycles. The number of phenols is 1. The second kappa shape index (κ2) is 7.01. The highest BCUT2D eigenvalue weighted by Crippen LogP contribution is 2.22. The Morgan fingerprint density at radius 2 is 1.85 bits per heavy atom. The van der Waals surface area contributed by atoms with Gasteiger partial charge in [-0.2, -0.15) is 0 Å². The zero-order valence-corrected chi connectivity index (χ0v) is 12.1. The summed E-state index contributed by atoms with van der Waals surface area (Å²) in [6.07, 6.45) is 0. The van der Waals surface area contributed by atoms with Gasteiger partial charge in [-0.15, -0.1) is 11.8 Å². The first kappa shape index (κ1) is 14.5. The molecule has 0 aromatic heterocycles. The minimum Gasteiger partial charge on any atom is -0.506 e. The summed E-state index contributed by atoms with van der Waals surface area (Å²) in [6.45, 7) is 2.05. The maximum absolute atomic E-state index is 11.8. The SMILES string of the molecule is Cc1ccc(CSCC(=O)Nc2ccccc2O)cc1. The number of carbonyl (C=O) groups is 1. The molecule has 0 atom stereocenters. The molecule has 0 unspecified atom stereocenters. The quantitative estimate of drug-likeness (QED) is 0.826. The predicted octanol–water partition coefficient (Wildman–Crippen LogP) is 3.57. The predicted molar refractivity (Wildman–Crippen MR) is 84.1 cm³/mol. The first-order chi connectivity index (χ1) is 9.65. The molecule has 4 heteroatoms. The van der Waals surface area contributed by atoms with Crippen LogP contribution in [-0.4, -0.2) is 16.8 Å². The Bertz CT molecular complexity index is 581. The van der Waals surface area contributed by atoms with Gasteiger partial charge in [0.2, 0.25) is 5.91 Å². The molecule has 0 aliphatic rings. The molecule has 0 saturated carbocycles. The molecule has 20 heavy (non-hydrogen) atoms. The van der Waals surface area contributed by atoms with Gasteiger partial charge in [0.05, 0.1) is 11.4 Å². The molecule has 0 aliphatic carbocycles. The van der Waals surface area contributed by atoms with Crippen molar-refractivity contribution in [3.63, 3.8) is 0 Å². The third-order valence-corrected chi connectivity index (χ3v) is 3.80. The van der Waals surface area contributed by atoms with Crippen LogP contribution in [0.5, 0.6) is 5.75 Å². The Balaban J connectivity index is 1.78. The summed E-state index contributed by atoms with van der Waals surface area (Å²) in [4.78, 5) is 11.8. The molecule has 2 aromatic carbocycles. The molecule has 2 rings (SSSR count). The van der Waals surface area contributed by atoms with Gasteiger partial charge in [-0.1, -0.05) is 42.0 Å². The first-order valence-electron chi connectivity index (χ1n) is 6.36. The van der Waals surface area contributed by atoms with Gasteiger partial charge < -0.3 is 10.4 Å². The highest BCUT2D eigenvalue weighted by atomic mass is 32.2. The number of anilines is 1. The largest absolute Gasteiger partial charge is 0.506 e. The van der Waals surface area contributed by atoms with Crippen molar-refractivity contribution in [3.05, 3.63) is 59.7 Å². The van der Waals surface area contributed by atoms with E-state index in [0.717, 1.165) is 5.75 Å². The minimum atomic E-state index is -0.108. The monoisotopic (exact) mass is 287 g/mol. The third-order valence-electron chi connectivity index (χ3n) is 2.80. The van der Waals surface area contributed by atoms with Crippen molar-refractivity contribution in [2.75, 3.05) is 11.1 Å². The van der Waals surface area contributed by atoms with Crippen LogP contribution < -0.4 is 5.32 Å². The Hall–Kier alpha value is -1.94. The van der Waals surface area contributed by atoms with Gasteiger partial charge in [0.25, 0.3) is 0 Å². The van der Waals surface area contributed by atoms with Gasteiger partial charge in [-0.25, -0.2) is 0 Å². The number of amides is 1. The molecule has 0 aliphatic heterocycles. The highest BCUT2D eigenvalue weighted by molar-refractivity contribution is 7.99.